The number of benzene rings is 1. The Labute approximate surface area is 137 Å². The molecule has 0 aromatic heterocycles. The van der Waals surface area contributed by atoms with Gasteiger partial charge in [-0.1, -0.05) is 41.4 Å². The second-order valence-corrected chi connectivity index (χ2v) is 7.56. The van der Waals surface area contributed by atoms with E-state index in [2.05, 4.69) is 51.3 Å². The highest BCUT2D eigenvalue weighted by Gasteiger charge is 2.20. The summed E-state index contributed by atoms with van der Waals surface area (Å²) < 4.78 is 1.27. The van der Waals surface area contributed by atoms with Gasteiger partial charge in [-0.25, -0.2) is 0 Å². The Hall–Kier alpha value is -0.380. The van der Waals surface area contributed by atoms with Crippen molar-refractivity contribution in [3.63, 3.8) is 0 Å². The predicted octanol–water partition coefficient (Wildman–Crippen LogP) is 4.32. The molecule has 116 valence electrons. The summed E-state index contributed by atoms with van der Waals surface area (Å²) in [5.41, 5.74) is 2.82. The molecule has 3 heteroatoms. The van der Waals surface area contributed by atoms with Crippen molar-refractivity contribution >= 4 is 15.9 Å². The Morgan fingerprint density at radius 3 is 2.57 bits per heavy atom. The molecule has 1 aromatic carbocycles. The van der Waals surface area contributed by atoms with Gasteiger partial charge >= 0.3 is 0 Å². The van der Waals surface area contributed by atoms with Gasteiger partial charge in [0.15, 0.2) is 0 Å². The van der Waals surface area contributed by atoms with Gasteiger partial charge in [0, 0.05) is 23.6 Å². The lowest BCUT2D eigenvalue weighted by atomic mass is 9.94. The molecule has 1 aromatic rings. The maximum atomic E-state index is 3.77. The Morgan fingerprint density at radius 1 is 1.19 bits per heavy atom. The molecule has 2 aliphatic rings. The van der Waals surface area contributed by atoms with E-state index in [9.17, 15) is 0 Å². The largest absolute Gasteiger partial charge is 0.310 e. The molecular weight excluding hydrogens is 324 g/mol. The minimum Gasteiger partial charge on any atom is -0.310 e. The molecule has 0 atom stereocenters. The highest BCUT2D eigenvalue weighted by Crippen LogP contribution is 2.25. The molecular formula is C18H27BrN2. The van der Waals surface area contributed by atoms with Gasteiger partial charge in [-0.15, -0.1) is 0 Å². The van der Waals surface area contributed by atoms with E-state index in [0.717, 1.165) is 25.0 Å². The third-order valence-electron chi connectivity index (χ3n) is 4.97. The Balaban J connectivity index is 1.52. The first kappa shape index (κ1) is 15.5. The third-order valence-corrected chi connectivity index (χ3v) is 5.71. The molecule has 0 spiro atoms. The Morgan fingerprint density at radius 2 is 1.95 bits per heavy atom. The van der Waals surface area contributed by atoms with Gasteiger partial charge in [-0.05, 0) is 61.9 Å². The van der Waals surface area contributed by atoms with Crippen molar-refractivity contribution in [2.75, 3.05) is 13.1 Å². The van der Waals surface area contributed by atoms with Crippen LogP contribution in [0.2, 0.25) is 0 Å². The van der Waals surface area contributed by atoms with Gasteiger partial charge in [0.05, 0.1) is 0 Å². The van der Waals surface area contributed by atoms with E-state index in [1.165, 1.54) is 60.8 Å². The monoisotopic (exact) mass is 350 g/mol. The van der Waals surface area contributed by atoms with E-state index < -0.39 is 0 Å². The summed E-state index contributed by atoms with van der Waals surface area (Å²) in [6.45, 7) is 6.94. The molecule has 21 heavy (non-hydrogen) atoms. The second kappa shape index (κ2) is 7.26. The fraction of sp³-hybridized carbons (Fsp3) is 0.667. The van der Waals surface area contributed by atoms with Gasteiger partial charge in [-0.2, -0.15) is 0 Å². The van der Waals surface area contributed by atoms with Crippen LogP contribution in [0.4, 0.5) is 0 Å². The fourth-order valence-corrected chi connectivity index (χ4v) is 3.72. The second-order valence-electron chi connectivity index (χ2n) is 6.71. The van der Waals surface area contributed by atoms with Gasteiger partial charge < -0.3 is 5.32 Å². The highest BCUT2D eigenvalue weighted by molar-refractivity contribution is 9.10. The van der Waals surface area contributed by atoms with Crippen LogP contribution in [0.3, 0.4) is 0 Å². The van der Waals surface area contributed by atoms with Gasteiger partial charge in [-0.3, -0.25) is 4.90 Å². The zero-order valence-electron chi connectivity index (χ0n) is 13.1. The lowest BCUT2D eigenvalue weighted by Gasteiger charge is -2.31. The van der Waals surface area contributed by atoms with Crippen molar-refractivity contribution in [2.45, 2.75) is 58.2 Å². The van der Waals surface area contributed by atoms with Crippen molar-refractivity contribution < 1.29 is 0 Å². The molecule has 1 aliphatic carbocycles. The maximum Gasteiger partial charge on any atom is 0.0244 e. The predicted molar refractivity (Wildman–Crippen MR) is 92.3 cm³/mol. The molecule has 0 bridgehead atoms. The molecule has 1 heterocycles. The number of piperidine rings is 1. The van der Waals surface area contributed by atoms with Crippen molar-refractivity contribution in [3.8, 4) is 0 Å². The van der Waals surface area contributed by atoms with Gasteiger partial charge in [0.25, 0.3) is 0 Å². The first-order chi connectivity index (χ1) is 10.2. The first-order valence-electron chi connectivity index (χ1n) is 8.47. The molecule has 0 unspecified atom stereocenters. The first-order valence-corrected chi connectivity index (χ1v) is 9.27. The standard InChI is InChI=1S/C18H27BrN2/c1-2-14-7-9-21(10-8-14)13-16-4-3-15(11-18(16)19)12-20-17-5-6-17/h3-4,11,14,17,20H,2,5-10,12-13H2,1H3. The number of nitrogens with zero attached hydrogens (tertiary/aromatic N) is 1. The van der Waals surface area contributed by atoms with Crippen molar-refractivity contribution in [3.05, 3.63) is 33.8 Å². The van der Waals surface area contributed by atoms with E-state index >= 15 is 0 Å². The summed E-state index contributed by atoms with van der Waals surface area (Å²) in [5.74, 6) is 0.959. The molecule has 0 radical (unpaired) electrons. The summed E-state index contributed by atoms with van der Waals surface area (Å²) in [6, 6.07) is 7.67. The number of likely N-dealkylation sites (tertiary alicyclic amines) is 1. The van der Waals surface area contributed by atoms with Crippen LogP contribution in [-0.2, 0) is 13.1 Å². The van der Waals surface area contributed by atoms with E-state index in [0.29, 0.717) is 0 Å². The summed E-state index contributed by atoms with van der Waals surface area (Å²) in [4.78, 5) is 2.61. The minimum atomic E-state index is 0.781. The number of halogens is 1. The number of hydrogen-bond acceptors (Lipinski definition) is 2. The molecule has 1 N–H and O–H groups in total. The number of hydrogen-bond donors (Lipinski definition) is 1. The Kier molecular flexibility index (Phi) is 5.36. The maximum absolute atomic E-state index is 3.77. The van der Waals surface area contributed by atoms with Crippen LogP contribution < -0.4 is 5.32 Å². The quantitative estimate of drug-likeness (QED) is 0.821. The highest BCUT2D eigenvalue weighted by atomic mass is 79.9. The zero-order chi connectivity index (χ0) is 14.7. The minimum absolute atomic E-state index is 0.781. The summed E-state index contributed by atoms with van der Waals surface area (Å²) in [5, 5.41) is 3.58. The molecule has 1 saturated carbocycles. The average molecular weight is 351 g/mol. The number of nitrogens with one attached hydrogen (secondary N) is 1. The van der Waals surface area contributed by atoms with Crippen LogP contribution in [0.25, 0.3) is 0 Å². The van der Waals surface area contributed by atoms with Crippen LogP contribution in [0, 0.1) is 5.92 Å². The molecule has 1 saturated heterocycles. The number of rotatable bonds is 6. The lowest BCUT2D eigenvalue weighted by molar-refractivity contribution is 0.175. The molecule has 2 fully saturated rings. The third kappa shape index (κ3) is 4.54. The van der Waals surface area contributed by atoms with Crippen LogP contribution in [0.15, 0.2) is 22.7 Å². The summed E-state index contributed by atoms with van der Waals surface area (Å²) in [7, 11) is 0. The molecule has 1 aliphatic heterocycles. The van der Waals surface area contributed by atoms with Crippen molar-refractivity contribution in [1.82, 2.24) is 10.2 Å². The normalized spacial score (nSPS) is 20.9. The van der Waals surface area contributed by atoms with Gasteiger partial charge in [0.1, 0.15) is 0 Å². The molecule has 3 rings (SSSR count). The van der Waals surface area contributed by atoms with Crippen LogP contribution in [-0.4, -0.2) is 24.0 Å². The SMILES string of the molecule is CCC1CCN(Cc2ccc(CNC3CC3)cc2Br)CC1. The van der Waals surface area contributed by atoms with Crippen LogP contribution in [0.5, 0.6) is 0 Å². The van der Waals surface area contributed by atoms with Gasteiger partial charge in [0.2, 0.25) is 0 Å². The average Bonchev–Trinajstić information content (AvgIpc) is 3.33. The van der Waals surface area contributed by atoms with Crippen molar-refractivity contribution in [1.29, 1.82) is 0 Å². The molecule has 2 nitrogen and oxygen atoms in total. The van der Waals surface area contributed by atoms with E-state index in [1.807, 2.05) is 0 Å². The van der Waals surface area contributed by atoms with Crippen molar-refractivity contribution in [2.24, 2.45) is 5.92 Å². The van der Waals surface area contributed by atoms with Crippen LogP contribution in [0.1, 0.15) is 50.2 Å². The Bertz CT molecular complexity index is 462. The fourth-order valence-electron chi connectivity index (χ4n) is 3.17. The zero-order valence-corrected chi connectivity index (χ0v) is 14.7. The lowest BCUT2D eigenvalue weighted by Crippen LogP contribution is -2.33. The summed E-state index contributed by atoms with van der Waals surface area (Å²) >= 11 is 3.77. The van der Waals surface area contributed by atoms with E-state index in [1.54, 1.807) is 0 Å². The molecule has 0 amide bonds. The topological polar surface area (TPSA) is 15.3 Å². The van der Waals surface area contributed by atoms with Crippen LogP contribution >= 0.6 is 15.9 Å². The summed E-state index contributed by atoms with van der Waals surface area (Å²) in [6.07, 6.45) is 6.80. The van der Waals surface area contributed by atoms with E-state index in [-0.39, 0.29) is 0 Å². The van der Waals surface area contributed by atoms with E-state index in [4.69, 9.17) is 0 Å². The smallest absolute Gasteiger partial charge is 0.0244 e.